The van der Waals surface area contributed by atoms with Gasteiger partial charge >= 0.3 is 0 Å². The highest BCUT2D eigenvalue weighted by Gasteiger charge is 2.71. The van der Waals surface area contributed by atoms with E-state index in [9.17, 15) is 17.2 Å². The van der Waals surface area contributed by atoms with E-state index in [1.165, 1.54) is 0 Å². The Morgan fingerprint density at radius 3 is 2.19 bits per heavy atom. The van der Waals surface area contributed by atoms with Crippen LogP contribution in [0.15, 0.2) is 30.3 Å². The summed E-state index contributed by atoms with van der Waals surface area (Å²) in [6.45, 7) is 0.318. The zero-order chi connectivity index (χ0) is 15.1. The standard InChI is InChI=1S/C15H18F2O3S/c16-13(17)15(8-9-15)21(18,19)14(6-7-14)11-20-10-12-4-2-1-3-5-12/h1-5,13H,6-11H2. The molecule has 0 aliphatic heterocycles. The molecule has 2 fully saturated rings. The van der Waals surface area contributed by atoms with E-state index in [0.29, 0.717) is 19.4 Å². The fourth-order valence-corrected chi connectivity index (χ4v) is 5.33. The highest BCUT2D eigenvalue weighted by atomic mass is 32.2. The number of sulfone groups is 1. The Morgan fingerprint density at radius 2 is 1.71 bits per heavy atom. The maximum absolute atomic E-state index is 13.1. The third kappa shape index (κ3) is 2.38. The molecule has 0 amide bonds. The van der Waals surface area contributed by atoms with Gasteiger partial charge in [0.2, 0.25) is 0 Å². The molecule has 0 atom stereocenters. The molecule has 2 saturated carbocycles. The number of rotatable bonds is 7. The van der Waals surface area contributed by atoms with Gasteiger partial charge in [0, 0.05) is 0 Å². The van der Waals surface area contributed by atoms with Gasteiger partial charge in [0.15, 0.2) is 9.84 Å². The van der Waals surface area contributed by atoms with Gasteiger partial charge in [0.1, 0.15) is 4.75 Å². The average Bonchev–Trinajstić information content (AvgIpc) is 3.34. The second kappa shape index (κ2) is 5.02. The molecule has 3 nitrogen and oxygen atoms in total. The Kier molecular flexibility index (Phi) is 3.56. The lowest BCUT2D eigenvalue weighted by atomic mass is 10.2. The Balaban J connectivity index is 1.65. The Morgan fingerprint density at radius 1 is 1.10 bits per heavy atom. The van der Waals surface area contributed by atoms with Crippen molar-refractivity contribution >= 4 is 9.84 Å². The van der Waals surface area contributed by atoms with E-state index in [-0.39, 0.29) is 19.4 Å². The molecule has 1 aromatic carbocycles. The summed E-state index contributed by atoms with van der Waals surface area (Å²) in [6, 6.07) is 9.40. The van der Waals surface area contributed by atoms with Crippen molar-refractivity contribution in [3.05, 3.63) is 35.9 Å². The largest absolute Gasteiger partial charge is 0.375 e. The van der Waals surface area contributed by atoms with Crippen LogP contribution in [0.1, 0.15) is 31.2 Å². The van der Waals surface area contributed by atoms with Gasteiger partial charge in [-0.1, -0.05) is 30.3 Å². The van der Waals surface area contributed by atoms with Crippen LogP contribution in [-0.2, 0) is 21.2 Å². The van der Waals surface area contributed by atoms with E-state index in [2.05, 4.69) is 0 Å². The number of alkyl halides is 2. The van der Waals surface area contributed by atoms with Crippen LogP contribution in [0.4, 0.5) is 8.78 Å². The van der Waals surface area contributed by atoms with Crippen LogP contribution in [0.3, 0.4) is 0 Å². The van der Waals surface area contributed by atoms with Crippen LogP contribution >= 0.6 is 0 Å². The van der Waals surface area contributed by atoms with Crippen molar-refractivity contribution < 1.29 is 21.9 Å². The molecule has 116 valence electrons. The van der Waals surface area contributed by atoms with Gasteiger partial charge in [-0.05, 0) is 31.2 Å². The first-order chi connectivity index (χ1) is 9.94. The molecule has 0 heterocycles. The Labute approximate surface area is 123 Å². The highest BCUT2D eigenvalue weighted by Crippen LogP contribution is 2.58. The maximum atomic E-state index is 13.1. The summed E-state index contributed by atoms with van der Waals surface area (Å²) in [6.07, 6.45) is -1.79. The van der Waals surface area contributed by atoms with Crippen LogP contribution in [-0.4, -0.2) is 30.9 Å². The molecular weight excluding hydrogens is 298 g/mol. The number of halogens is 2. The first-order valence-electron chi connectivity index (χ1n) is 7.08. The monoisotopic (exact) mass is 316 g/mol. The topological polar surface area (TPSA) is 43.4 Å². The molecule has 0 bridgehead atoms. The molecule has 0 unspecified atom stereocenters. The van der Waals surface area contributed by atoms with Crippen LogP contribution in [0.5, 0.6) is 0 Å². The summed E-state index contributed by atoms with van der Waals surface area (Å²) in [5, 5.41) is 0. The Bertz CT molecular complexity index is 605. The van der Waals surface area contributed by atoms with Crippen molar-refractivity contribution in [1.29, 1.82) is 0 Å². The molecule has 0 aromatic heterocycles. The van der Waals surface area contributed by atoms with Gasteiger partial charge in [-0.25, -0.2) is 17.2 Å². The molecule has 21 heavy (non-hydrogen) atoms. The van der Waals surface area contributed by atoms with Crippen LogP contribution in [0.25, 0.3) is 0 Å². The number of benzene rings is 1. The zero-order valence-electron chi connectivity index (χ0n) is 11.6. The van der Waals surface area contributed by atoms with E-state index < -0.39 is 25.8 Å². The molecule has 0 N–H and O–H groups in total. The van der Waals surface area contributed by atoms with Gasteiger partial charge in [-0.2, -0.15) is 0 Å². The first-order valence-corrected chi connectivity index (χ1v) is 8.56. The summed E-state index contributed by atoms with van der Waals surface area (Å²) >= 11 is 0. The molecule has 2 aliphatic carbocycles. The third-order valence-electron chi connectivity index (χ3n) is 4.53. The molecule has 2 aliphatic rings. The van der Waals surface area contributed by atoms with Crippen molar-refractivity contribution in [2.45, 2.75) is 48.2 Å². The number of ether oxygens (including phenoxy) is 1. The van der Waals surface area contributed by atoms with Crippen LogP contribution < -0.4 is 0 Å². The van der Waals surface area contributed by atoms with Gasteiger partial charge in [-0.3, -0.25) is 0 Å². The number of hydrogen-bond donors (Lipinski definition) is 0. The van der Waals surface area contributed by atoms with Crippen molar-refractivity contribution in [2.24, 2.45) is 0 Å². The summed E-state index contributed by atoms with van der Waals surface area (Å²) in [5.74, 6) is 0. The SMILES string of the molecule is O=S(=O)(C1(COCc2ccccc2)CC1)C1(C(F)F)CC1. The summed E-state index contributed by atoms with van der Waals surface area (Å²) in [7, 11) is -3.84. The third-order valence-corrected chi connectivity index (χ3v) is 7.85. The predicted octanol–water partition coefficient (Wildman–Crippen LogP) is 2.95. The van der Waals surface area contributed by atoms with Gasteiger partial charge in [-0.15, -0.1) is 0 Å². The molecule has 3 rings (SSSR count). The lowest BCUT2D eigenvalue weighted by Crippen LogP contribution is -2.42. The molecule has 0 saturated heterocycles. The van der Waals surface area contributed by atoms with Gasteiger partial charge in [0.05, 0.1) is 18.0 Å². The maximum Gasteiger partial charge on any atom is 0.258 e. The quantitative estimate of drug-likeness (QED) is 0.777. The van der Waals surface area contributed by atoms with E-state index in [4.69, 9.17) is 4.74 Å². The minimum absolute atomic E-state index is 0.0126. The lowest BCUT2D eigenvalue weighted by Gasteiger charge is -2.23. The van der Waals surface area contributed by atoms with E-state index in [1.54, 1.807) is 0 Å². The summed E-state index contributed by atoms with van der Waals surface area (Å²) in [4.78, 5) is 0. The molecule has 0 radical (unpaired) electrons. The lowest BCUT2D eigenvalue weighted by molar-refractivity contribution is 0.111. The van der Waals surface area contributed by atoms with Crippen molar-refractivity contribution in [3.8, 4) is 0 Å². The van der Waals surface area contributed by atoms with Gasteiger partial charge < -0.3 is 4.74 Å². The average molecular weight is 316 g/mol. The molecule has 0 spiro atoms. The summed E-state index contributed by atoms with van der Waals surface area (Å²) < 4.78 is 53.9. The second-order valence-electron chi connectivity index (χ2n) is 6.03. The van der Waals surface area contributed by atoms with E-state index in [0.717, 1.165) is 5.56 Å². The molecule has 1 aromatic rings. The minimum atomic E-state index is -3.84. The van der Waals surface area contributed by atoms with Crippen LogP contribution in [0.2, 0.25) is 0 Å². The van der Waals surface area contributed by atoms with E-state index >= 15 is 0 Å². The minimum Gasteiger partial charge on any atom is -0.375 e. The Hall–Kier alpha value is -1.01. The van der Waals surface area contributed by atoms with Crippen molar-refractivity contribution in [2.75, 3.05) is 6.61 Å². The highest BCUT2D eigenvalue weighted by molar-refractivity contribution is 7.94. The van der Waals surface area contributed by atoms with Crippen molar-refractivity contribution in [1.82, 2.24) is 0 Å². The second-order valence-corrected chi connectivity index (χ2v) is 8.72. The van der Waals surface area contributed by atoms with Gasteiger partial charge in [0.25, 0.3) is 6.43 Å². The van der Waals surface area contributed by atoms with Crippen LogP contribution in [0, 0.1) is 0 Å². The van der Waals surface area contributed by atoms with E-state index in [1.807, 2.05) is 30.3 Å². The zero-order valence-corrected chi connectivity index (χ0v) is 12.4. The normalized spacial score (nSPS) is 22.2. The van der Waals surface area contributed by atoms with Crippen molar-refractivity contribution in [3.63, 3.8) is 0 Å². The molecule has 6 heteroatoms. The summed E-state index contributed by atoms with van der Waals surface area (Å²) in [5.41, 5.74) is 0.945. The predicted molar refractivity (Wildman–Crippen MR) is 75.0 cm³/mol. The smallest absolute Gasteiger partial charge is 0.258 e. The fraction of sp³-hybridized carbons (Fsp3) is 0.600. The fourth-order valence-electron chi connectivity index (χ4n) is 2.72. The number of hydrogen-bond acceptors (Lipinski definition) is 3. The molecular formula is C15H18F2O3S. The first kappa shape index (κ1) is 14.9.